The highest BCUT2D eigenvalue weighted by molar-refractivity contribution is 5.99. The number of nitrogens with one attached hydrogen (secondary N) is 1. The summed E-state index contributed by atoms with van der Waals surface area (Å²) in [5.74, 6) is 1.38. The predicted molar refractivity (Wildman–Crippen MR) is 133 cm³/mol. The minimum absolute atomic E-state index is 0.0227. The molecule has 34 heavy (non-hydrogen) atoms. The summed E-state index contributed by atoms with van der Waals surface area (Å²) in [5.41, 5.74) is 4.78. The van der Waals surface area contributed by atoms with Crippen molar-refractivity contribution in [2.45, 2.75) is 51.9 Å². The number of carbonyl (C=O) groups excluding carboxylic acids is 2. The predicted octanol–water partition coefficient (Wildman–Crippen LogP) is 3.06. The summed E-state index contributed by atoms with van der Waals surface area (Å²) in [6.45, 7) is 5.10. The molecule has 1 atom stereocenters. The third-order valence-corrected chi connectivity index (χ3v) is 7.77. The van der Waals surface area contributed by atoms with E-state index in [1.165, 1.54) is 28.6 Å². The summed E-state index contributed by atoms with van der Waals surface area (Å²) in [6.07, 6.45) is 6.72. The molecule has 7 nitrogen and oxygen atoms in total. The standard InChI is InChI=1S/C27H39N3O4/c1-3-30(13-4-5-26(32)28-12-14-31)27(33)21-7-9-25-23(18-21)22-17-20(6-8-24(22)29(25)2)19-10-15-34-16-11-19/h7,9,18-20,31H,3-6,8,10-17H2,1-2H3,(H,28,32)/t20-/m1/s1. The molecule has 0 bridgehead atoms. The van der Waals surface area contributed by atoms with Gasteiger partial charge in [-0.3, -0.25) is 9.59 Å². The minimum atomic E-state index is -0.0889. The number of aliphatic hydroxyl groups is 1. The molecule has 2 aromatic rings. The lowest BCUT2D eigenvalue weighted by molar-refractivity contribution is -0.121. The van der Waals surface area contributed by atoms with Crippen LogP contribution in [0.3, 0.4) is 0 Å². The van der Waals surface area contributed by atoms with Crippen LogP contribution < -0.4 is 5.32 Å². The van der Waals surface area contributed by atoms with Crippen LogP contribution in [0.2, 0.25) is 0 Å². The second-order valence-electron chi connectivity index (χ2n) is 9.73. The molecule has 2 heterocycles. The molecule has 1 aromatic heterocycles. The van der Waals surface area contributed by atoms with Gasteiger partial charge >= 0.3 is 0 Å². The first-order valence-electron chi connectivity index (χ1n) is 12.9. The highest BCUT2D eigenvalue weighted by atomic mass is 16.5. The monoisotopic (exact) mass is 469 g/mol. The summed E-state index contributed by atoms with van der Waals surface area (Å²) >= 11 is 0. The lowest BCUT2D eigenvalue weighted by atomic mass is 9.75. The summed E-state index contributed by atoms with van der Waals surface area (Å²) in [7, 11) is 2.15. The van der Waals surface area contributed by atoms with E-state index >= 15 is 0 Å². The first kappa shape index (κ1) is 24.7. The summed E-state index contributed by atoms with van der Waals surface area (Å²) in [4.78, 5) is 26.9. The van der Waals surface area contributed by atoms with E-state index in [0.29, 0.717) is 31.8 Å². The lowest BCUT2D eigenvalue weighted by Crippen LogP contribution is -2.33. The Labute approximate surface area is 202 Å². The van der Waals surface area contributed by atoms with E-state index in [0.717, 1.165) is 50.4 Å². The largest absolute Gasteiger partial charge is 0.395 e. The van der Waals surface area contributed by atoms with E-state index in [-0.39, 0.29) is 25.0 Å². The van der Waals surface area contributed by atoms with Gasteiger partial charge in [-0.25, -0.2) is 0 Å². The molecule has 2 aliphatic rings. The summed E-state index contributed by atoms with van der Waals surface area (Å²) in [5, 5.41) is 12.7. The molecule has 0 radical (unpaired) electrons. The Morgan fingerprint density at radius 2 is 2.00 bits per heavy atom. The maximum Gasteiger partial charge on any atom is 0.253 e. The maximum atomic E-state index is 13.3. The Morgan fingerprint density at radius 3 is 2.74 bits per heavy atom. The van der Waals surface area contributed by atoms with E-state index in [1.807, 2.05) is 17.9 Å². The molecule has 1 fully saturated rings. The zero-order valence-corrected chi connectivity index (χ0v) is 20.6. The van der Waals surface area contributed by atoms with Crippen molar-refractivity contribution in [1.82, 2.24) is 14.8 Å². The van der Waals surface area contributed by atoms with Gasteiger partial charge in [0, 0.05) is 68.5 Å². The molecule has 0 saturated carbocycles. The van der Waals surface area contributed by atoms with Crippen LogP contribution in [0.15, 0.2) is 18.2 Å². The average molecular weight is 470 g/mol. The fraction of sp³-hybridized carbons (Fsp3) is 0.630. The van der Waals surface area contributed by atoms with Crippen molar-refractivity contribution >= 4 is 22.7 Å². The summed E-state index contributed by atoms with van der Waals surface area (Å²) < 4.78 is 7.91. The Kier molecular flexibility index (Phi) is 8.27. The van der Waals surface area contributed by atoms with Gasteiger partial charge in [-0.15, -0.1) is 0 Å². The molecule has 2 N–H and O–H groups in total. The number of carbonyl (C=O) groups is 2. The number of fused-ring (bicyclic) bond motifs is 3. The van der Waals surface area contributed by atoms with Crippen molar-refractivity contribution in [3.05, 3.63) is 35.0 Å². The molecule has 4 rings (SSSR count). The van der Waals surface area contributed by atoms with Crippen LogP contribution in [0.25, 0.3) is 10.9 Å². The quantitative estimate of drug-likeness (QED) is 0.591. The zero-order chi connectivity index (χ0) is 24.1. The van der Waals surface area contributed by atoms with Crippen LogP contribution in [-0.2, 0) is 29.4 Å². The van der Waals surface area contributed by atoms with E-state index in [2.05, 4.69) is 29.1 Å². The van der Waals surface area contributed by atoms with Crippen LogP contribution in [0.4, 0.5) is 0 Å². The van der Waals surface area contributed by atoms with Gasteiger partial charge < -0.3 is 24.6 Å². The number of benzene rings is 1. The second-order valence-corrected chi connectivity index (χ2v) is 9.73. The molecular formula is C27H39N3O4. The number of aryl methyl sites for hydroxylation is 1. The van der Waals surface area contributed by atoms with Gasteiger partial charge in [-0.1, -0.05) is 0 Å². The Hall–Kier alpha value is -2.38. The Morgan fingerprint density at radius 1 is 1.21 bits per heavy atom. The molecule has 7 heteroatoms. The van der Waals surface area contributed by atoms with Crippen LogP contribution in [-0.4, -0.2) is 65.8 Å². The van der Waals surface area contributed by atoms with Gasteiger partial charge in [0.25, 0.3) is 5.91 Å². The van der Waals surface area contributed by atoms with Crippen molar-refractivity contribution in [2.75, 3.05) is 39.5 Å². The van der Waals surface area contributed by atoms with E-state index in [9.17, 15) is 9.59 Å². The molecule has 1 aliphatic carbocycles. The SMILES string of the molecule is CCN(CCCC(=O)NCCO)C(=O)c1ccc2c(c1)c1c(n2C)CC[C@@H](C2CCOCC2)C1. The molecule has 1 aliphatic heterocycles. The number of hydrogen-bond donors (Lipinski definition) is 2. The number of ether oxygens (including phenoxy) is 1. The van der Waals surface area contributed by atoms with E-state index < -0.39 is 0 Å². The van der Waals surface area contributed by atoms with Crippen molar-refractivity contribution in [2.24, 2.45) is 18.9 Å². The van der Waals surface area contributed by atoms with Crippen molar-refractivity contribution in [3.63, 3.8) is 0 Å². The molecule has 1 aromatic carbocycles. The molecule has 1 saturated heterocycles. The van der Waals surface area contributed by atoms with Gasteiger partial charge in [0.15, 0.2) is 0 Å². The molecule has 2 amide bonds. The number of hydrogen-bond acceptors (Lipinski definition) is 4. The van der Waals surface area contributed by atoms with Crippen molar-refractivity contribution in [3.8, 4) is 0 Å². The van der Waals surface area contributed by atoms with Crippen LogP contribution >= 0.6 is 0 Å². The van der Waals surface area contributed by atoms with Gasteiger partial charge in [-0.05, 0) is 81.0 Å². The number of nitrogens with zero attached hydrogens (tertiary/aromatic N) is 2. The van der Waals surface area contributed by atoms with Crippen LogP contribution in [0.5, 0.6) is 0 Å². The third-order valence-electron chi connectivity index (χ3n) is 7.77. The van der Waals surface area contributed by atoms with Crippen LogP contribution in [0.1, 0.15) is 60.6 Å². The first-order valence-corrected chi connectivity index (χ1v) is 12.9. The second kappa shape index (κ2) is 11.4. The van der Waals surface area contributed by atoms with Crippen LogP contribution in [0, 0.1) is 11.8 Å². The van der Waals surface area contributed by atoms with Gasteiger partial charge in [0.05, 0.1) is 6.61 Å². The summed E-state index contributed by atoms with van der Waals surface area (Å²) in [6, 6.07) is 6.14. The zero-order valence-electron chi connectivity index (χ0n) is 20.6. The van der Waals surface area contributed by atoms with Gasteiger partial charge in [0.1, 0.15) is 0 Å². The number of aliphatic hydroxyl groups excluding tert-OH is 1. The lowest BCUT2D eigenvalue weighted by Gasteiger charge is -2.33. The fourth-order valence-electron chi connectivity index (χ4n) is 5.83. The molecule has 186 valence electrons. The highest BCUT2D eigenvalue weighted by Gasteiger charge is 2.31. The average Bonchev–Trinajstić information content (AvgIpc) is 3.16. The van der Waals surface area contributed by atoms with Crippen molar-refractivity contribution < 1.29 is 19.4 Å². The van der Waals surface area contributed by atoms with Gasteiger partial charge in [0.2, 0.25) is 5.91 Å². The van der Waals surface area contributed by atoms with E-state index in [1.54, 1.807) is 0 Å². The first-order chi connectivity index (χ1) is 16.5. The molecule has 0 spiro atoms. The smallest absolute Gasteiger partial charge is 0.253 e. The van der Waals surface area contributed by atoms with Gasteiger partial charge in [-0.2, -0.15) is 0 Å². The molecule has 0 unspecified atom stereocenters. The van der Waals surface area contributed by atoms with Crippen molar-refractivity contribution in [1.29, 1.82) is 0 Å². The maximum absolute atomic E-state index is 13.3. The minimum Gasteiger partial charge on any atom is -0.395 e. The Balaban J connectivity index is 1.49. The third kappa shape index (κ3) is 5.31. The number of rotatable bonds is 9. The highest BCUT2D eigenvalue weighted by Crippen LogP contribution is 2.39. The number of aromatic nitrogens is 1. The number of amides is 2. The van der Waals surface area contributed by atoms with E-state index in [4.69, 9.17) is 9.84 Å². The molecular weight excluding hydrogens is 430 g/mol. The fourth-order valence-corrected chi connectivity index (χ4v) is 5.83. The normalized spacial score (nSPS) is 18.6. The Bertz CT molecular complexity index is 1010. The topological polar surface area (TPSA) is 83.8 Å².